The smallest absolute Gasteiger partial charge is 0.328 e. The number of rotatable bonds is 3. The highest BCUT2D eigenvalue weighted by molar-refractivity contribution is 5.83. The van der Waals surface area contributed by atoms with Crippen LogP contribution in [-0.2, 0) is 11.3 Å². The number of hydrogen-bond donors (Lipinski definition) is 2. The third-order valence-electron chi connectivity index (χ3n) is 5.11. The number of H-pyrrole nitrogens is 2. The van der Waals surface area contributed by atoms with Crippen LogP contribution < -0.4 is 11.2 Å². The summed E-state index contributed by atoms with van der Waals surface area (Å²) in [6.45, 7) is 1.29. The molecule has 1 aliphatic rings. The Hall–Kier alpha value is -3.09. The predicted molar refractivity (Wildman–Crippen MR) is 98.2 cm³/mol. The van der Waals surface area contributed by atoms with Crippen LogP contribution in [0.1, 0.15) is 24.3 Å². The van der Waals surface area contributed by atoms with E-state index in [0.717, 1.165) is 18.4 Å². The molecule has 4 rings (SSSR count). The number of para-hydroxylation sites is 1. The van der Waals surface area contributed by atoms with Gasteiger partial charge in [0.25, 0.3) is 5.56 Å². The summed E-state index contributed by atoms with van der Waals surface area (Å²) in [5.41, 5.74) is 1.43. The zero-order valence-electron chi connectivity index (χ0n) is 14.3. The summed E-state index contributed by atoms with van der Waals surface area (Å²) in [6.07, 6.45) is 5.23. The van der Waals surface area contributed by atoms with Crippen LogP contribution in [0.15, 0.2) is 52.3 Å². The lowest BCUT2D eigenvalue weighted by molar-refractivity contribution is -0.133. The van der Waals surface area contributed by atoms with Crippen molar-refractivity contribution in [3.8, 4) is 0 Å². The highest BCUT2D eigenvalue weighted by atomic mass is 16.2. The third kappa shape index (κ3) is 3.08. The first-order chi connectivity index (χ1) is 12.6. The molecule has 3 aromatic rings. The molecular formula is C19H20N4O3. The van der Waals surface area contributed by atoms with E-state index < -0.39 is 11.2 Å². The van der Waals surface area contributed by atoms with Gasteiger partial charge in [0.05, 0.1) is 0 Å². The maximum atomic E-state index is 12.5. The van der Waals surface area contributed by atoms with E-state index in [4.69, 9.17) is 0 Å². The number of carbonyl (C=O) groups is 1. The summed E-state index contributed by atoms with van der Waals surface area (Å²) in [7, 11) is 0. The molecule has 2 N–H and O–H groups in total. The summed E-state index contributed by atoms with van der Waals surface area (Å²) in [5, 5.41) is 1.25. The van der Waals surface area contributed by atoms with Crippen LogP contribution in [0, 0.1) is 0 Å². The van der Waals surface area contributed by atoms with Crippen LogP contribution in [0.25, 0.3) is 10.9 Å². The number of benzene rings is 1. The molecule has 1 amide bonds. The molecule has 0 saturated carbocycles. The van der Waals surface area contributed by atoms with Crippen molar-refractivity contribution in [1.82, 2.24) is 19.4 Å². The van der Waals surface area contributed by atoms with Gasteiger partial charge in [-0.1, -0.05) is 18.2 Å². The van der Waals surface area contributed by atoms with Gasteiger partial charge in [-0.3, -0.25) is 19.1 Å². The Morgan fingerprint density at radius 2 is 1.88 bits per heavy atom. The summed E-state index contributed by atoms with van der Waals surface area (Å²) in [5.74, 6) is 0.322. The minimum absolute atomic E-state index is 0.0482. The first kappa shape index (κ1) is 16.4. The minimum Gasteiger partial charge on any atom is -0.361 e. The highest BCUT2D eigenvalue weighted by Crippen LogP contribution is 2.33. The molecule has 26 heavy (non-hydrogen) atoms. The van der Waals surface area contributed by atoms with E-state index in [1.807, 2.05) is 12.1 Å². The van der Waals surface area contributed by atoms with Crippen molar-refractivity contribution in [3.05, 3.63) is 69.1 Å². The molecule has 1 aromatic carbocycles. The minimum atomic E-state index is -0.556. The third-order valence-corrected chi connectivity index (χ3v) is 5.11. The van der Waals surface area contributed by atoms with Crippen molar-refractivity contribution in [1.29, 1.82) is 0 Å². The van der Waals surface area contributed by atoms with Gasteiger partial charge < -0.3 is 9.88 Å². The van der Waals surface area contributed by atoms with E-state index in [2.05, 4.69) is 28.3 Å². The largest absolute Gasteiger partial charge is 0.361 e. The Bertz CT molecular complexity index is 1050. The van der Waals surface area contributed by atoms with Gasteiger partial charge in [0.15, 0.2) is 0 Å². The summed E-state index contributed by atoms with van der Waals surface area (Å²) < 4.78 is 1.23. The Morgan fingerprint density at radius 3 is 2.65 bits per heavy atom. The first-order valence-electron chi connectivity index (χ1n) is 8.75. The Kier molecular flexibility index (Phi) is 4.20. The predicted octanol–water partition coefficient (Wildman–Crippen LogP) is 1.42. The average molecular weight is 352 g/mol. The Balaban J connectivity index is 1.42. The van der Waals surface area contributed by atoms with Crippen LogP contribution in [-0.4, -0.2) is 38.4 Å². The first-order valence-corrected chi connectivity index (χ1v) is 8.75. The molecule has 0 radical (unpaired) electrons. The van der Waals surface area contributed by atoms with Crippen LogP contribution >= 0.6 is 0 Å². The number of amides is 1. The standard InChI is InChI=1S/C19H20N4O3/c24-17-7-10-23(19(26)21-17)12-18(25)22-8-5-13(6-9-22)15-11-20-16-4-2-1-3-14(15)16/h1-4,7,10-11,13,20H,5-6,8-9,12H2,(H,21,24,26). The molecule has 0 unspecified atom stereocenters. The monoisotopic (exact) mass is 352 g/mol. The van der Waals surface area contributed by atoms with Gasteiger partial charge >= 0.3 is 5.69 Å². The van der Waals surface area contributed by atoms with Crippen molar-refractivity contribution in [2.24, 2.45) is 0 Å². The highest BCUT2D eigenvalue weighted by Gasteiger charge is 2.25. The molecule has 0 atom stereocenters. The van der Waals surface area contributed by atoms with Gasteiger partial charge in [-0.15, -0.1) is 0 Å². The Labute approximate surface area is 149 Å². The number of likely N-dealkylation sites (tertiary alicyclic amines) is 1. The summed E-state index contributed by atoms with van der Waals surface area (Å²) >= 11 is 0. The maximum absolute atomic E-state index is 12.5. The molecule has 1 fully saturated rings. The van der Waals surface area contributed by atoms with Crippen LogP contribution in [0.3, 0.4) is 0 Å². The number of piperidine rings is 1. The average Bonchev–Trinajstić information content (AvgIpc) is 3.08. The second-order valence-electron chi connectivity index (χ2n) is 6.68. The van der Waals surface area contributed by atoms with E-state index in [1.165, 1.54) is 27.8 Å². The van der Waals surface area contributed by atoms with E-state index in [-0.39, 0.29) is 12.5 Å². The lowest BCUT2D eigenvalue weighted by Crippen LogP contribution is -2.42. The number of aromatic nitrogens is 3. The topological polar surface area (TPSA) is 91.0 Å². The fraction of sp³-hybridized carbons (Fsp3) is 0.316. The van der Waals surface area contributed by atoms with Crippen LogP contribution in [0.5, 0.6) is 0 Å². The summed E-state index contributed by atoms with van der Waals surface area (Å²) in [6, 6.07) is 9.50. The number of nitrogens with zero attached hydrogens (tertiary/aromatic N) is 2. The number of fused-ring (bicyclic) bond motifs is 1. The maximum Gasteiger partial charge on any atom is 0.328 e. The number of carbonyl (C=O) groups excluding carboxylic acids is 1. The molecular weight excluding hydrogens is 332 g/mol. The number of aromatic amines is 2. The molecule has 3 heterocycles. The molecule has 1 aliphatic heterocycles. The molecule has 0 spiro atoms. The van der Waals surface area contributed by atoms with Crippen molar-refractivity contribution < 1.29 is 4.79 Å². The van der Waals surface area contributed by atoms with Crippen molar-refractivity contribution >= 4 is 16.8 Å². The van der Waals surface area contributed by atoms with Crippen LogP contribution in [0.2, 0.25) is 0 Å². The lowest BCUT2D eigenvalue weighted by atomic mass is 9.89. The van der Waals surface area contributed by atoms with E-state index in [0.29, 0.717) is 19.0 Å². The van der Waals surface area contributed by atoms with E-state index >= 15 is 0 Å². The fourth-order valence-corrected chi connectivity index (χ4v) is 3.69. The van der Waals surface area contributed by atoms with Gasteiger partial charge in [0, 0.05) is 42.5 Å². The van der Waals surface area contributed by atoms with Gasteiger partial charge in [-0.25, -0.2) is 4.79 Å². The molecule has 7 nitrogen and oxygen atoms in total. The second-order valence-corrected chi connectivity index (χ2v) is 6.68. The molecule has 2 aromatic heterocycles. The zero-order chi connectivity index (χ0) is 18.1. The molecule has 134 valence electrons. The fourth-order valence-electron chi connectivity index (χ4n) is 3.69. The van der Waals surface area contributed by atoms with Crippen molar-refractivity contribution in [2.75, 3.05) is 13.1 Å². The van der Waals surface area contributed by atoms with Gasteiger partial charge in [0.2, 0.25) is 5.91 Å². The molecule has 7 heteroatoms. The molecule has 1 saturated heterocycles. The lowest BCUT2D eigenvalue weighted by Gasteiger charge is -2.32. The number of hydrogen-bond acceptors (Lipinski definition) is 3. The van der Waals surface area contributed by atoms with Gasteiger partial charge in [-0.2, -0.15) is 0 Å². The number of nitrogens with one attached hydrogen (secondary N) is 2. The van der Waals surface area contributed by atoms with Gasteiger partial charge in [-0.05, 0) is 30.4 Å². The second kappa shape index (κ2) is 6.67. The molecule has 0 bridgehead atoms. The zero-order valence-corrected chi connectivity index (χ0v) is 14.3. The van der Waals surface area contributed by atoms with Crippen molar-refractivity contribution in [2.45, 2.75) is 25.3 Å². The van der Waals surface area contributed by atoms with E-state index in [9.17, 15) is 14.4 Å². The molecule has 0 aliphatic carbocycles. The normalized spacial score (nSPS) is 15.5. The summed E-state index contributed by atoms with van der Waals surface area (Å²) in [4.78, 5) is 42.6. The quantitative estimate of drug-likeness (QED) is 0.747. The van der Waals surface area contributed by atoms with Crippen LogP contribution in [0.4, 0.5) is 0 Å². The Morgan fingerprint density at radius 1 is 1.12 bits per heavy atom. The SMILES string of the molecule is O=C(Cn1ccc(=O)[nH]c1=O)N1CCC(c2c[nH]c3ccccc23)CC1. The van der Waals surface area contributed by atoms with Gasteiger partial charge in [0.1, 0.15) is 6.54 Å². The van der Waals surface area contributed by atoms with Crippen molar-refractivity contribution in [3.63, 3.8) is 0 Å². The van der Waals surface area contributed by atoms with E-state index in [1.54, 1.807) is 4.90 Å².